The highest BCUT2D eigenvalue weighted by atomic mass is 35.5. The molecular formula is C14H20ClN3S. The van der Waals surface area contributed by atoms with Crippen molar-refractivity contribution in [3.8, 4) is 0 Å². The highest BCUT2D eigenvalue weighted by Gasteiger charge is 2.20. The zero-order valence-electron chi connectivity index (χ0n) is 11.8. The summed E-state index contributed by atoms with van der Waals surface area (Å²) in [5.41, 5.74) is 3.65. The third-order valence-corrected chi connectivity index (χ3v) is 4.65. The van der Waals surface area contributed by atoms with Gasteiger partial charge in [-0.2, -0.15) is 5.10 Å². The molecule has 19 heavy (non-hydrogen) atoms. The van der Waals surface area contributed by atoms with E-state index in [9.17, 15) is 0 Å². The number of hydrogen-bond acceptors (Lipinski definition) is 3. The summed E-state index contributed by atoms with van der Waals surface area (Å²) in [5.74, 6) is 0. The van der Waals surface area contributed by atoms with Gasteiger partial charge >= 0.3 is 0 Å². The molecule has 0 aromatic carbocycles. The zero-order chi connectivity index (χ0) is 14.0. The summed E-state index contributed by atoms with van der Waals surface area (Å²) in [5, 5.41) is 8.08. The molecule has 0 fully saturated rings. The molecule has 2 heterocycles. The summed E-state index contributed by atoms with van der Waals surface area (Å²) < 4.78 is 2.81. The Morgan fingerprint density at radius 1 is 1.42 bits per heavy atom. The predicted molar refractivity (Wildman–Crippen MR) is 82.1 cm³/mol. The van der Waals surface area contributed by atoms with Crippen LogP contribution in [0.2, 0.25) is 4.34 Å². The lowest BCUT2D eigenvalue weighted by atomic mass is 10.0. The fourth-order valence-electron chi connectivity index (χ4n) is 2.48. The van der Waals surface area contributed by atoms with Gasteiger partial charge in [0, 0.05) is 35.6 Å². The number of aryl methyl sites for hydroxylation is 2. The first kappa shape index (κ1) is 14.6. The highest BCUT2D eigenvalue weighted by Crippen LogP contribution is 2.29. The number of likely N-dealkylation sites (N-methyl/N-ethyl adjacent to an activating group) is 1. The third kappa shape index (κ3) is 3.19. The van der Waals surface area contributed by atoms with Crippen LogP contribution in [0.3, 0.4) is 0 Å². The van der Waals surface area contributed by atoms with Crippen LogP contribution in [0.5, 0.6) is 0 Å². The standard InChI is InChI=1S/C14H20ClN3S/c1-5-16-12(8-11-6-7-13(15)19-11)14-9(2)17-18(4)10(14)3/h6-7,12,16H,5,8H2,1-4H3. The van der Waals surface area contributed by atoms with Gasteiger partial charge in [0.1, 0.15) is 0 Å². The molecule has 3 nitrogen and oxygen atoms in total. The van der Waals surface area contributed by atoms with Crippen LogP contribution in [-0.4, -0.2) is 16.3 Å². The van der Waals surface area contributed by atoms with E-state index in [1.165, 1.54) is 16.1 Å². The third-order valence-electron chi connectivity index (χ3n) is 3.40. The number of halogens is 1. The van der Waals surface area contributed by atoms with E-state index >= 15 is 0 Å². The molecule has 1 unspecified atom stereocenters. The summed E-state index contributed by atoms with van der Waals surface area (Å²) in [6, 6.07) is 4.37. The van der Waals surface area contributed by atoms with Gasteiger partial charge in [-0.15, -0.1) is 11.3 Å². The van der Waals surface area contributed by atoms with E-state index in [-0.39, 0.29) is 0 Å². The topological polar surface area (TPSA) is 29.9 Å². The molecule has 0 aliphatic heterocycles. The number of hydrogen-bond donors (Lipinski definition) is 1. The van der Waals surface area contributed by atoms with Crippen molar-refractivity contribution in [3.63, 3.8) is 0 Å². The molecule has 0 aliphatic carbocycles. The normalized spacial score (nSPS) is 12.9. The zero-order valence-corrected chi connectivity index (χ0v) is 13.4. The van der Waals surface area contributed by atoms with Gasteiger partial charge in [0.25, 0.3) is 0 Å². The first-order valence-electron chi connectivity index (χ1n) is 6.50. The van der Waals surface area contributed by atoms with Crippen molar-refractivity contribution >= 4 is 22.9 Å². The molecule has 2 aromatic heterocycles. The summed E-state index contributed by atoms with van der Waals surface area (Å²) >= 11 is 7.67. The Kier molecular flexibility index (Phi) is 4.66. The Labute approximate surface area is 123 Å². The molecule has 1 N–H and O–H groups in total. The van der Waals surface area contributed by atoms with Gasteiger partial charge in [-0.05, 0) is 32.5 Å². The highest BCUT2D eigenvalue weighted by molar-refractivity contribution is 7.16. The maximum atomic E-state index is 6.02. The molecule has 0 aliphatic rings. The van der Waals surface area contributed by atoms with Crippen molar-refractivity contribution in [1.29, 1.82) is 0 Å². The molecule has 0 bridgehead atoms. The second-order valence-electron chi connectivity index (χ2n) is 4.73. The van der Waals surface area contributed by atoms with E-state index in [2.05, 4.69) is 37.3 Å². The molecule has 0 saturated carbocycles. The minimum absolute atomic E-state index is 0.299. The maximum Gasteiger partial charge on any atom is 0.0931 e. The Morgan fingerprint density at radius 3 is 2.63 bits per heavy atom. The van der Waals surface area contributed by atoms with E-state index in [1.54, 1.807) is 11.3 Å². The van der Waals surface area contributed by atoms with Gasteiger partial charge in [0.15, 0.2) is 0 Å². The van der Waals surface area contributed by atoms with Crippen LogP contribution in [0, 0.1) is 13.8 Å². The van der Waals surface area contributed by atoms with E-state index in [4.69, 9.17) is 11.6 Å². The lowest BCUT2D eigenvalue weighted by Crippen LogP contribution is -2.23. The Balaban J connectivity index is 2.29. The SMILES string of the molecule is CCNC(Cc1ccc(Cl)s1)c1c(C)nn(C)c1C. The monoisotopic (exact) mass is 297 g/mol. The average molecular weight is 298 g/mol. The van der Waals surface area contributed by atoms with Crippen molar-refractivity contribution < 1.29 is 0 Å². The summed E-state index contributed by atoms with van der Waals surface area (Å²) in [4.78, 5) is 1.30. The molecule has 0 radical (unpaired) electrons. The number of rotatable bonds is 5. The fourth-order valence-corrected chi connectivity index (χ4v) is 3.61. The van der Waals surface area contributed by atoms with Crippen LogP contribution in [0.4, 0.5) is 0 Å². The number of nitrogens with zero attached hydrogens (tertiary/aromatic N) is 2. The number of aromatic nitrogens is 2. The van der Waals surface area contributed by atoms with Gasteiger partial charge in [-0.1, -0.05) is 18.5 Å². The second-order valence-corrected chi connectivity index (χ2v) is 6.53. The van der Waals surface area contributed by atoms with Gasteiger partial charge < -0.3 is 5.32 Å². The maximum absolute atomic E-state index is 6.02. The predicted octanol–water partition coefficient (Wildman–Crippen LogP) is 3.65. The van der Waals surface area contributed by atoms with E-state index in [1.807, 2.05) is 17.8 Å². The van der Waals surface area contributed by atoms with Crippen molar-refractivity contribution in [1.82, 2.24) is 15.1 Å². The Bertz CT molecular complexity index is 559. The lowest BCUT2D eigenvalue weighted by molar-refractivity contribution is 0.547. The van der Waals surface area contributed by atoms with Crippen molar-refractivity contribution in [2.45, 2.75) is 33.2 Å². The summed E-state index contributed by atoms with van der Waals surface area (Å²) in [6.07, 6.45) is 0.957. The van der Waals surface area contributed by atoms with Crippen LogP contribution in [0.1, 0.15) is 34.8 Å². The minimum atomic E-state index is 0.299. The largest absolute Gasteiger partial charge is 0.310 e. The van der Waals surface area contributed by atoms with Crippen LogP contribution in [0.25, 0.3) is 0 Å². The Morgan fingerprint density at radius 2 is 2.16 bits per heavy atom. The average Bonchev–Trinajstić information content (AvgIpc) is 2.84. The Hall–Kier alpha value is -0.840. The van der Waals surface area contributed by atoms with Crippen LogP contribution in [-0.2, 0) is 13.5 Å². The molecule has 2 rings (SSSR count). The van der Waals surface area contributed by atoms with Crippen LogP contribution < -0.4 is 5.32 Å². The molecule has 0 amide bonds. The first-order chi connectivity index (χ1) is 9.02. The first-order valence-corrected chi connectivity index (χ1v) is 7.70. The molecule has 5 heteroatoms. The molecule has 2 aromatic rings. The van der Waals surface area contributed by atoms with E-state index in [0.29, 0.717) is 6.04 Å². The molecule has 0 saturated heterocycles. The van der Waals surface area contributed by atoms with E-state index < -0.39 is 0 Å². The van der Waals surface area contributed by atoms with Crippen LogP contribution in [0.15, 0.2) is 12.1 Å². The summed E-state index contributed by atoms with van der Waals surface area (Å²) in [6.45, 7) is 7.28. The van der Waals surface area contributed by atoms with Crippen LogP contribution >= 0.6 is 22.9 Å². The van der Waals surface area contributed by atoms with Gasteiger partial charge in [-0.3, -0.25) is 4.68 Å². The fraction of sp³-hybridized carbons (Fsp3) is 0.500. The quantitative estimate of drug-likeness (QED) is 0.913. The second kappa shape index (κ2) is 6.07. The molecule has 104 valence electrons. The van der Waals surface area contributed by atoms with Gasteiger partial charge in [-0.25, -0.2) is 0 Å². The lowest BCUT2D eigenvalue weighted by Gasteiger charge is -2.18. The van der Waals surface area contributed by atoms with E-state index in [0.717, 1.165) is 23.0 Å². The molecule has 1 atom stereocenters. The van der Waals surface area contributed by atoms with Gasteiger partial charge in [0.05, 0.1) is 10.0 Å². The summed E-state index contributed by atoms with van der Waals surface area (Å²) in [7, 11) is 2.00. The van der Waals surface area contributed by atoms with Gasteiger partial charge in [0.2, 0.25) is 0 Å². The van der Waals surface area contributed by atoms with Crippen molar-refractivity contribution in [2.24, 2.45) is 7.05 Å². The molecular weight excluding hydrogens is 278 g/mol. The smallest absolute Gasteiger partial charge is 0.0931 e. The molecule has 0 spiro atoms. The number of nitrogens with one attached hydrogen (secondary N) is 1. The van der Waals surface area contributed by atoms with Crippen molar-refractivity contribution in [2.75, 3.05) is 6.54 Å². The number of thiophene rings is 1. The minimum Gasteiger partial charge on any atom is -0.310 e. The van der Waals surface area contributed by atoms with Crippen molar-refractivity contribution in [3.05, 3.63) is 38.3 Å².